The van der Waals surface area contributed by atoms with Gasteiger partial charge < -0.3 is 10.6 Å². The van der Waals surface area contributed by atoms with Gasteiger partial charge in [0.25, 0.3) is 0 Å². The van der Waals surface area contributed by atoms with Crippen molar-refractivity contribution in [3.8, 4) is 0 Å². The lowest BCUT2D eigenvalue weighted by atomic mass is 9.88. The van der Waals surface area contributed by atoms with Crippen molar-refractivity contribution in [2.75, 3.05) is 18.4 Å². The third kappa shape index (κ3) is 2.69. The van der Waals surface area contributed by atoms with Gasteiger partial charge in [0.2, 0.25) is 5.91 Å². The Kier molecular flexibility index (Phi) is 3.54. The molecule has 1 aromatic rings. The van der Waals surface area contributed by atoms with Crippen LogP contribution in [0.1, 0.15) is 18.9 Å². The van der Waals surface area contributed by atoms with Crippen molar-refractivity contribution in [1.82, 2.24) is 5.32 Å². The molecule has 0 bridgehead atoms. The monoisotopic (exact) mass is 296 g/mol. The van der Waals surface area contributed by atoms with E-state index < -0.39 is 0 Å². The number of carbonyl (C=O) groups is 1. The Morgan fingerprint density at radius 2 is 2.29 bits per heavy atom. The van der Waals surface area contributed by atoms with Gasteiger partial charge in [-0.15, -0.1) is 0 Å². The van der Waals surface area contributed by atoms with Crippen LogP contribution >= 0.6 is 15.9 Å². The maximum atomic E-state index is 12.2. The number of benzene rings is 1. The molecule has 2 N–H and O–H groups in total. The molecule has 92 valence electrons. The van der Waals surface area contributed by atoms with Crippen LogP contribution in [-0.2, 0) is 4.79 Å². The summed E-state index contributed by atoms with van der Waals surface area (Å²) in [6.07, 6.45) is 0.897. The van der Waals surface area contributed by atoms with Gasteiger partial charge >= 0.3 is 0 Å². The number of anilines is 1. The van der Waals surface area contributed by atoms with Gasteiger partial charge in [-0.25, -0.2) is 0 Å². The Labute approximate surface area is 110 Å². The van der Waals surface area contributed by atoms with Gasteiger partial charge in [0.15, 0.2) is 0 Å². The number of nitrogens with one attached hydrogen (secondary N) is 2. The minimum Gasteiger partial charge on any atom is -0.325 e. The Morgan fingerprint density at radius 1 is 1.53 bits per heavy atom. The smallest absolute Gasteiger partial charge is 0.231 e. The summed E-state index contributed by atoms with van der Waals surface area (Å²) in [5, 5.41) is 6.26. The second-order valence-electron chi connectivity index (χ2n) is 4.90. The maximum Gasteiger partial charge on any atom is 0.231 e. The first-order valence-corrected chi connectivity index (χ1v) is 6.59. The summed E-state index contributed by atoms with van der Waals surface area (Å²) in [4.78, 5) is 12.2. The third-order valence-corrected chi connectivity index (χ3v) is 3.85. The maximum absolute atomic E-state index is 12.2. The van der Waals surface area contributed by atoms with Crippen LogP contribution in [0.3, 0.4) is 0 Å². The van der Waals surface area contributed by atoms with Crippen molar-refractivity contribution in [3.05, 3.63) is 28.2 Å². The van der Waals surface area contributed by atoms with Crippen LogP contribution in [0, 0.1) is 12.3 Å². The zero-order chi connectivity index (χ0) is 12.5. The number of hydrogen-bond donors (Lipinski definition) is 2. The van der Waals surface area contributed by atoms with Crippen molar-refractivity contribution < 1.29 is 4.79 Å². The van der Waals surface area contributed by atoms with Crippen LogP contribution in [0.15, 0.2) is 22.7 Å². The van der Waals surface area contributed by atoms with E-state index in [-0.39, 0.29) is 11.3 Å². The predicted molar refractivity (Wildman–Crippen MR) is 73.1 cm³/mol. The number of rotatable bonds is 2. The van der Waals surface area contributed by atoms with E-state index in [2.05, 4.69) is 26.6 Å². The molecule has 1 aromatic carbocycles. The van der Waals surface area contributed by atoms with E-state index in [0.29, 0.717) is 0 Å². The van der Waals surface area contributed by atoms with Gasteiger partial charge in [0, 0.05) is 16.7 Å². The summed E-state index contributed by atoms with van der Waals surface area (Å²) < 4.78 is 1.03. The summed E-state index contributed by atoms with van der Waals surface area (Å²) in [7, 11) is 0. The fourth-order valence-corrected chi connectivity index (χ4v) is 2.53. The molecule has 0 saturated carbocycles. The average Bonchev–Trinajstić information content (AvgIpc) is 2.71. The van der Waals surface area contributed by atoms with Gasteiger partial charge in [-0.2, -0.15) is 0 Å². The Balaban J connectivity index is 2.13. The molecule has 1 unspecified atom stereocenters. The second kappa shape index (κ2) is 4.78. The topological polar surface area (TPSA) is 41.1 Å². The summed E-state index contributed by atoms with van der Waals surface area (Å²) in [5.41, 5.74) is 1.69. The Bertz CT molecular complexity index is 439. The molecule has 0 radical (unpaired) electrons. The van der Waals surface area contributed by atoms with Crippen molar-refractivity contribution >= 4 is 27.5 Å². The van der Waals surface area contributed by atoms with E-state index in [0.717, 1.165) is 35.2 Å². The summed E-state index contributed by atoms with van der Waals surface area (Å²) >= 11 is 3.42. The molecule has 1 amide bonds. The molecule has 1 saturated heterocycles. The lowest BCUT2D eigenvalue weighted by Crippen LogP contribution is -2.35. The SMILES string of the molecule is Cc1cc(Br)ccc1NC(=O)C1(C)CCNC1. The van der Waals surface area contributed by atoms with Crippen LogP contribution in [-0.4, -0.2) is 19.0 Å². The van der Waals surface area contributed by atoms with Crippen molar-refractivity contribution in [2.45, 2.75) is 20.3 Å². The highest BCUT2D eigenvalue weighted by Crippen LogP contribution is 2.28. The molecule has 1 fully saturated rings. The standard InChI is InChI=1S/C13H17BrN2O/c1-9-7-10(14)3-4-11(9)16-12(17)13(2)5-6-15-8-13/h3-4,7,15H,5-6,8H2,1-2H3,(H,16,17). The van der Waals surface area contributed by atoms with E-state index in [1.165, 1.54) is 0 Å². The molecule has 0 aromatic heterocycles. The van der Waals surface area contributed by atoms with Crippen LogP contribution in [0.25, 0.3) is 0 Å². The third-order valence-electron chi connectivity index (χ3n) is 3.35. The molecular weight excluding hydrogens is 280 g/mol. The molecule has 1 aliphatic rings. The lowest BCUT2D eigenvalue weighted by molar-refractivity contribution is -0.123. The zero-order valence-corrected chi connectivity index (χ0v) is 11.7. The van der Waals surface area contributed by atoms with Crippen molar-refractivity contribution in [2.24, 2.45) is 5.41 Å². The predicted octanol–water partition coefficient (Wildman–Crippen LogP) is 2.70. The van der Waals surface area contributed by atoms with E-state index in [1.807, 2.05) is 32.0 Å². The van der Waals surface area contributed by atoms with Gasteiger partial charge in [0.05, 0.1) is 5.41 Å². The highest BCUT2D eigenvalue weighted by atomic mass is 79.9. The number of halogens is 1. The average molecular weight is 297 g/mol. The Hall–Kier alpha value is -0.870. The van der Waals surface area contributed by atoms with Gasteiger partial charge in [0.1, 0.15) is 0 Å². The van der Waals surface area contributed by atoms with E-state index in [1.54, 1.807) is 0 Å². The van der Waals surface area contributed by atoms with Gasteiger partial charge in [-0.3, -0.25) is 4.79 Å². The first-order chi connectivity index (χ1) is 8.01. The molecule has 17 heavy (non-hydrogen) atoms. The molecule has 0 aliphatic carbocycles. The van der Waals surface area contributed by atoms with Crippen LogP contribution in [0.2, 0.25) is 0 Å². The van der Waals surface area contributed by atoms with Crippen molar-refractivity contribution in [1.29, 1.82) is 0 Å². The molecule has 4 heteroatoms. The number of aryl methyl sites for hydroxylation is 1. The molecule has 2 rings (SSSR count). The largest absolute Gasteiger partial charge is 0.325 e. The minimum absolute atomic E-state index is 0.105. The molecule has 3 nitrogen and oxygen atoms in total. The lowest BCUT2D eigenvalue weighted by Gasteiger charge is -2.22. The highest BCUT2D eigenvalue weighted by Gasteiger charge is 2.36. The zero-order valence-electron chi connectivity index (χ0n) is 10.1. The van der Waals surface area contributed by atoms with Crippen LogP contribution in [0.5, 0.6) is 0 Å². The highest BCUT2D eigenvalue weighted by molar-refractivity contribution is 9.10. The van der Waals surface area contributed by atoms with Crippen molar-refractivity contribution in [3.63, 3.8) is 0 Å². The number of amides is 1. The van der Waals surface area contributed by atoms with Gasteiger partial charge in [-0.05, 0) is 50.6 Å². The number of hydrogen-bond acceptors (Lipinski definition) is 2. The fraction of sp³-hybridized carbons (Fsp3) is 0.462. The van der Waals surface area contributed by atoms with Crippen LogP contribution < -0.4 is 10.6 Å². The minimum atomic E-state index is -0.278. The molecule has 0 spiro atoms. The normalized spacial score (nSPS) is 23.7. The quantitative estimate of drug-likeness (QED) is 0.881. The van der Waals surface area contributed by atoms with E-state index >= 15 is 0 Å². The first-order valence-electron chi connectivity index (χ1n) is 5.80. The molecule has 1 aliphatic heterocycles. The summed E-state index contributed by atoms with van der Waals surface area (Å²) in [6, 6.07) is 5.88. The van der Waals surface area contributed by atoms with E-state index in [9.17, 15) is 4.79 Å². The first kappa shape index (κ1) is 12.6. The Morgan fingerprint density at radius 3 is 2.88 bits per heavy atom. The second-order valence-corrected chi connectivity index (χ2v) is 5.82. The summed E-state index contributed by atoms with van der Waals surface area (Å²) in [5.74, 6) is 0.105. The van der Waals surface area contributed by atoms with E-state index in [4.69, 9.17) is 0 Å². The molecular formula is C13H17BrN2O. The molecule has 1 heterocycles. The summed E-state index contributed by atoms with van der Waals surface area (Å²) in [6.45, 7) is 5.68. The number of carbonyl (C=O) groups excluding carboxylic acids is 1. The van der Waals surface area contributed by atoms with Crippen LogP contribution in [0.4, 0.5) is 5.69 Å². The fourth-order valence-electron chi connectivity index (χ4n) is 2.05. The van der Waals surface area contributed by atoms with Gasteiger partial charge in [-0.1, -0.05) is 15.9 Å². The molecule has 1 atom stereocenters.